The van der Waals surface area contributed by atoms with Crippen LogP contribution in [0.25, 0.3) is 28.2 Å². The Kier molecular flexibility index (Phi) is 4.68. The van der Waals surface area contributed by atoms with E-state index in [1.54, 1.807) is 23.7 Å². The highest BCUT2D eigenvalue weighted by Gasteiger charge is 2.23. The van der Waals surface area contributed by atoms with Gasteiger partial charge in [-0.05, 0) is 32.0 Å². The van der Waals surface area contributed by atoms with Crippen molar-refractivity contribution < 1.29 is 8.81 Å². The van der Waals surface area contributed by atoms with E-state index in [4.69, 9.17) is 27.6 Å². The molecule has 144 valence electrons. The molecule has 4 rings (SSSR count). The molecule has 0 saturated heterocycles. The minimum Gasteiger partial charge on any atom is -0.421 e. The molecule has 0 unspecified atom stereocenters. The van der Waals surface area contributed by atoms with Gasteiger partial charge in [-0.15, -0.1) is 10.2 Å². The number of nitrogens with one attached hydrogen (secondary N) is 1. The normalized spacial score (nSPS) is 11.5. The molecule has 10 heteroatoms. The zero-order valence-electron chi connectivity index (χ0n) is 15.2. The summed E-state index contributed by atoms with van der Waals surface area (Å²) in [6, 6.07) is 4.16. The van der Waals surface area contributed by atoms with Gasteiger partial charge in [0.15, 0.2) is 5.65 Å². The molecule has 1 aromatic carbocycles. The van der Waals surface area contributed by atoms with Crippen molar-refractivity contribution in [3.05, 3.63) is 46.3 Å². The number of anilines is 1. The van der Waals surface area contributed by atoms with Crippen molar-refractivity contribution in [1.29, 1.82) is 0 Å². The van der Waals surface area contributed by atoms with Crippen LogP contribution in [0.15, 0.2) is 28.8 Å². The summed E-state index contributed by atoms with van der Waals surface area (Å²) in [5.74, 6) is 0.848. The molecule has 0 aliphatic heterocycles. The Balaban J connectivity index is 2.01. The van der Waals surface area contributed by atoms with Gasteiger partial charge < -0.3 is 9.73 Å². The maximum atomic E-state index is 13.5. The molecule has 0 amide bonds. The third-order valence-corrected chi connectivity index (χ3v) is 4.57. The Bertz CT molecular complexity index is 1190. The number of nitrogens with zero attached hydrogens (tertiary/aromatic N) is 5. The predicted molar refractivity (Wildman–Crippen MR) is 105 cm³/mol. The second-order valence-electron chi connectivity index (χ2n) is 6.47. The van der Waals surface area contributed by atoms with Crippen LogP contribution >= 0.6 is 23.2 Å². The lowest BCUT2D eigenvalue weighted by Gasteiger charge is -2.18. The number of fused-ring (bicyclic) bond motifs is 1. The van der Waals surface area contributed by atoms with Crippen LogP contribution in [-0.4, -0.2) is 30.8 Å². The van der Waals surface area contributed by atoms with Crippen LogP contribution in [0.1, 0.15) is 19.7 Å². The van der Waals surface area contributed by atoms with Gasteiger partial charge in [0.2, 0.25) is 5.89 Å². The van der Waals surface area contributed by atoms with E-state index in [2.05, 4.69) is 25.6 Å². The van der Waals surface area contributed by atoms with Crippen molar-refractivity contribution in [2.75, 3.05) is 5.32 Å². The Labute approximate surface area is 169 Å². The maximum Gasteiger partial charge on any atom is 0.253 e. The van der Waals surface area contributed by atoms with E-state index < -0.39 is 5.82 Å². The number of hydrogen-bond acceptors (Lipinski definition) is 6. The molecule has 28 heavy (non-hydrogen) atoms. The van der Waals surface area contributed by atoms with Crippen molar-refractivity contribution in [1.82, 2.24) is 24.8 Å². The fourth-order valence-electron chi connectivity index (χ4n) is 2.86. The molecule has 0 aliphatic carbocycles. The molecule has 0 saturated carbocycles. The van der Waals surface area contributed by atoms with Crippen molar-refractivity contribution >= 4 is 34.7 Å². The van der Waals surface area contributed by atoms with Gasteiger partial charge in [0.25, 0.3) is 5.89 Å². The fourth-order valence-corrected chi connectivity index (χ4v) is 3.39. The summed E-state index contributed by atoms with van der Waals surface area (Å²) in [4.78, 5) is 4.47. The second-order valence-corrected chi connectivity index (χ2v) is 7.23. The molecule has 0 spiro atoms. The van der Waals surface area contributed by atoms with Gasteiger partial charge in [-0.3, -0.25) is 0 Å². The van der Waals surface area contributed by atoms with Gasteiger partial charge in [0.1, 0.15) is 22.4 Å². The van der Waals surface area contributed by atoms with Crippen molar-refractivity contribution in [3.8, 4) is 22.6 Å². The first-order valence-electron chi connectivity index (χ1n) is 8.45. The predicted octanol–water partition coefficient (Wildman–Crippen LogP) is 5.02. The molecule has 3 heterocycles. The number of hydrogen-bond donors (Lipinski definition) is 1. The first-order valence-corrected chi connectivity index (χ1v) is 9.20. The Morgan fingerprint density at radius 3 is 2.61 bits per heavy atom. The van der Waals surface area contributed by atoms with Gasteiger partial charge in [-0.2, -0.15) is 9.61 Å². The average molecular weight is 421 g/mol. The van der Waals surface area contributed by atoms with E-state index in [1.807, 2.05) is 13.8 Å². The standard InChI is InChI=1S/C18H15Cl2FN6O/c1-8(2)23-17-14(11-5-4-10(21)6-13(11)19)15(20)24-16-12(7-22-27(16)17)18-26-25-9(3)28-18/h4-8,23H,1-3H3. The van der Waals surface area contributed by atoms with Crippen molar-refractivity contribution in [2.45, 2.75) is 26.8 Å². The fraction of sp³-hybridized carbons (Fsp3) is 0.222. The maximum absolute atomic E-state index is 13.5. The molecule has 0 bridgehead atoms. The molecule has 3 aromatic heterocycles. The molecule has 7 nitrogen and oxygen atoms in total. The third kappa shape index (κ3) is 3.18. The molecule has 0 aliphatic rings. The lowest BCUT2D eigenvalue weighted by molar-refractivity contribution is 0.533. The van der Waals surface area contributed by atoms with Crippen LogP contribution < -0.4 is 5.32 Å². The number of halogens is 3. The summed E-state index contributed by atoms with van der Waals surface area (Å²) in [5.41, 5.74) is 2.05. The Hall–Kier alpha value is -2.71. The molecule has 0 fully saturated rings. The van der Waals surface area contributed by atoms with Gasteiger partial charge in [0.05, 0.1) is 16.8 Å². The van der Waals surface area contributed by atoms with Crippen molar-refractivity contribution in [2.24, 2.45) is 0 Å². The summed E-state index contributed by atoms with van der Waals surface area (Å²) in [7, 11) is 0. The van der Waals surface area contributed by atoms with E-state index in [9.17, 15) is 4.39 Å². The number of benzene rings is 1. The van der Waals surface area contributed by atoms with Crippen LogP contribution in [0.5, 0.6) is 0 Å². The summed E-state index contributed by atoms with van der Waals surface area (Å²) < 4.78 is 20.6. The van der Waals surface area contributed by atoms with Gasteiger partial charge in [-0.25, -0.2) is 9.37 Å². The van der Waals surface area contributed by atoms with E-state index in [1.165, 1.54) is 12.1 Å². The molecule has 0 radical (unpaired) electrons. The highest BCUT2D eigenvalue weighted by atomic mass is 35.5. The van der Waals surface area contributed by atoms with Crippen LogP contribution in [-0.2, 0) is 0 Å². The van der Waals surface area contributed by atoms with Crippen LogP contribution in [0.4, 0.5) is 10.2 Å². The highest BCUT2D eigenvalue weighted by Crippen LogP contribution is 2.40. The summed E-state index contributed by atoms with van der Waals surface area (Å²) in [6.07, 6.45) is 1.58. The third-order valence-electron chi connectivity index (χ3n) is 3.99. The average Bonchev–Trinajstić information content (AvgIpc) is 3.21. The largest absolute Gasteiger partial charge is 0.421 e. The first kappa shape index (κ1) is 18.6. The Morgan fingerprint density at radius 1 is 1.18 bits per heavy atom. The second kappa shape index (κ2) is 7.03. The number of aryl methyl sites for hydroxylation is 1. The smallest absolute Gasteiger partial charge is 0.253 e. The quantitative estimate of drug-likeness (QED) is 0.466. The minimum absolute atomic E-state index is 0.0536. The molecule has 1 N–H and O–H groups in total. The Morgan fingerprint density at radius 2 is 1.96 bits per heavy atom. The highest BCUT2D eigenvalue weighted by molar-refractivity contribution is 6.36. The summed E-state index contributed by atoms with van der Waals surface area (Å²) >= 11 is 12.8. The van der Waals surface area contributed by atoms with Crippen LogP contribution in [0.2, 0.25) is 10.2 Å². The molecular weight excluding hydrogens is 406 g/mol. The minimum atomic E-state index is -0.439. The zero-order chi connectivity index (χ0) is 20.0. The van der Waals surface area contributed by atoms with E-state index >= 15 is 0 Å². The summed E-state index contributed by atoms with van der Waals surface area (Å²) in [5, 5.41) is 16.0. The van der Waals surface area contributed by atoms with Crippen LogP contribution in [0.3, 0.4) is 0 Å². The van der Waals surface area contributed by atoms with Gasteiger partial charge >= 0.3 is 0 Å². The van der Waals surface area contributed by atoms with Crippen molar-refractivity contribution in [3.63, 3.8) is 0 Å². The molecule has 4 aromatic rings. The van der Waals surface area contributed by atoms with Crippen LogP contribution in [0, 0.1) is 12.7 Å². The number of rotatable bonds is 4. The lowest BCUT2D eigenvalue weighted by Crippen LogP contribution is -2.15. The van der Waals surface area contributed by atoms with Gasteiger partial charge in [0, 0.05) is 18.5 Å². The molecular formula is C18H15Cl2FN6O. The van der Waals surface area contributed by atoms with E-state index in [0.29, 0.717) is 39.9 Å². The van der Waals surface area contributed by atoms with E-state index in [0.717, 1.165) is 0 Å². The summed E-state index contributed by atoms with van der Waals surface area (Å²) in [6.45, 7) is 5.65. The monoisotopic (exact) mass is 420 g/mol. The zero-order valence-corrected chi connectivity index (χ0v) is 16.7. The lowest BCUT2D eigenvalue weighted by atomic mass is 10.1. The first-order chi connectivity index (χ1) is 13.3. The van der Waals surface area contributed by atoms with E-state index in [-0.39, 0.29) is 16.2 Å². The number of aromatic nitrogens is 5. The molecule has 0 atom stereocenters. The topological polar surface area (TPSA) is 81.1 Å². The van der Waals surface area contributed by atoms with Gasteiger partial charge in [-0.1, -0.05) is 23.2 Å². The SMILES string of the molecule is Cc1nnc(-c2cnn3c(NC(C)C)c(-c4ccc(F)cc4Cl)c(Cl)nc23)o1.